The van der Waals surface area contributed by atoms with Crippen LogP contribution in [-0.4, -0.2) is 43.2 Å². The summed E-state index contributed by atoms with van der Waals surface area (Å²) >= 11 is 0. The van der Waals surface area contributed by atoms with E-state index in [4.69, 9.17) is 9.15 Å². The van der Waals surface area contributed by atoms with Gasteiger partial charge in [-0.3, -0.25) is 9.79 Å². The lowest BCUT2D eigenvalue weighted by atomic mass is 10.1. The van der Waals surface area contributed by atoms with E-state index in [2.05, 4.69) is 15.3 Å². The second-order valence-electron chi connectivity index (χ2n) is 6.01. The molecule has 128 valence electrons. The van der Waals surface area contributed by atoms with Gasteiger partial charge in [0.05, 0.1) is 30.5 Å². The number of nitrogens with one attached hydrogen (secondary N) is 1. The van der Waals surface area contributed by atoms with E-state index in [1.165, 1.54) is 0 Å². The first-order valence-electron chi connectivity index (χ1n) is 8.03. The van der Waals surface area contributed by atoms with E-state index < -0.39 is 0 Å². The van der Waals surface area contributed by atoms with Gasteiger partial charge >= 0.3 is 0 Å². The van der Waals surface area contributed by atoms with Crippen molar-refractivity contribution in [2.24, 2.45) is 9.98 Å². The fraction of sp³-hybridized carbons (Fsp3) is 0.278. The van der Waals surface area contributed by atoms with Crippen LogP contribution in [0, 0.1) is 13.8 Å². The van der Waals surface area contributed by atoms with Crippen LogP contribution in [0.2, 0.25) is 0 Å². The van der Waals surface area contributed by atoms with Crippen LogP contribution in [0.15, 0.2) is 32.6 Å². The molecular formula is C18H18N4O3. The van der Waals surface area contributed by atoms with E-state index in [0.29, 0.717) is 40.8 Å². The molecule has 3 heterocycles. The summed E-state index contributed by atoms with van der Waals surface area (Å²) in [6.07, 6.45) is 1.70. The highest BCUT2D eigenvalue weighted by atomic mass is 16.5. The van der Waals surface area contributed by atoms with Crippen molar-refractivity contribution in [1.82, 2.24) is 4.90 Å². The number of aryl methyl sites for hydroxylation is 2. The van der Waals surface area contributed by atoms with Gasteiger partial charge in [0.2, 0.25) is 5.88 Å². The molecule has 2 aliphatic heterocycles. The van der Waals surface area contributed by atoms with Crippen LogP contribution < -0.4 is 10.1 Å². The minimum atomic E-state index is -0.266. The molecule has 4 rings (SSSR count). The summed E-state index contributed by atoms with van der Waals surface area (Å²) in [7, 11) is 1.57. The lowest BCUT2D eigenvalue weighted by Gasteiger charge is -2.18. The quantitative estimate of drug-likeness (QED) is 0.933. The summed E-state index contributed by atoms with van der Waals surface area (Å²) in [6.45, 7) is 5.16. The first-order chi connectivity index (χ1) is 12.1. The van der Waals surface area contributed by atoms with Gasteiger partial charge in [-0.2, -0.15) is 0 Å². The Morgan fingerprint density at radius 1 is 1.36 bits per heavy atom. The maximum absolute atomic E-state index is 13.0. The Labute approximate surface area is 145 Å². The topological polar surface area (TPSA) is 79.4 Å². The number of carbonyl (C=O) groups excluding carboxylic acids is 1. The number of ether oxygens (including phenoxy) is 1. The molecule has 1 aromatic carbocycles. The molecule has 0 atom stereocenters. The molecule has 0 saturated heterocycles. The third-order valence-electron chi connectivity index (χ3n) is 4.31. The zero-order valence-corrected chi connectivity index (χ0v) is 14.3. The average Bonchev–Trinajstić information content (AvgIpc) is 3.17. The highest BCUT2D eigenvalue weighted by molar-refractivity contribution is 6.19. The Morgan fingerprint density at radius 3 is 3.00 bits per heavy atom. The number of hydrogen-bond donors (Lipinski definition) is 1. The lowest BCUT2D eigenvalue weighted by molar-refractivity contribution is 0.102. The molecule has 0 fully saturated rings. The Balaban J connectivity index is 1.74. The van der Waals surface area contributed by atoms with Gasteiger partial charge < -0.3 is 19.4 Å². The Bertz CT molecular complexity index is 927. The maximum Gasteiger partial charge on any atom is 0.260 e. The second kappa shape index (κ2) is 5.77. The molecule has 0 aliphatic carbocycles. The van der Waals surface area contributed by atoms with Gasteiger partial charge in [0, 0.05) is 6.54 Å². The number of rotatable bonds is 3. The van der Waals surface area contributed by atoms with Crippen LogP contribution in [0.25, 0.3) is 0 Å². The van der Waals surface area contributed by atoms with Gasteiger partial charge in [-0.05, 0) is 31.5 Å². The minimum absolute atomic E-state index is 0.266. The predicted octanol–water partition coefficient (Wildman–Crippen LogP) is 2.89. The molecule has 0 spiro atoms. The van der Waals surface area contributed by atoms with Crippen molar-refractivity contribution in [3.8, 4) is 5.75 Å². The highest BCUT2D eigenvalue weighted by Crippen LogP contribution is 2.35. The molecule has 0 unspecified atom stereocenters. The normalized spacial score (nSPS) is 14.8. The Kier molecular flexibility index (Phi) is 3.56. The largest absolute Gasteiger partial charge is 0.495 e. The van der Waals surface area contributed by atoms with Crippen LogP contribution in [0.5, 0.6) is 5.75 Å². The average molecular weight is 338 g/mol. The van der Waals surface area contributed by atoms with Crippen molar-refractivity contribution >= 4 is 29.7 Å². The van der Waals surface area contributed by atoms with Crippen LogP contribution in [-0.2, 0) is 0 Å². The number of amidine groups is 1. The lowest BCUT2D eigenvalue weighted by Crippen LogP contribution is -2.30. The number of methoxy groups -OCH3 is 1. The fourth-order valence-corrected chi connectivity index (χ4v) is 3.12. The highest BCUT2D eigenvalue weighted by Gasteiger charge is 2.33. The smallest absolute Gasteiger partial charge is 0.260 e. The van der Waals surface area contributed by atoms with Crippen molar-refractivity contribution in [2.75, 3.05) is 25.5 Å². The number of aliphatic imine (C=N–C) groups is 2. The second-order valence-corrected chi connectivity index (χ2v) is 6.01. The molecule has 0 bridgehead atoms. The summed E-state index contributed by atoms with van der Waals surface area (Å²) in [6, 6.07) is 5.63. The van der Waals surface area contributed by atoms with Gasteiger partial charge in [0.1, 0.15) is 23.7 Å². The zero-order chi connectivity index (χ0) is 17.6. The molecule has 25 heavy (non-hydrogen) atoms. The minimum Gasteiger partial charge on any atom is -0.495 e. The number of hydrogen-bond acceptors (Lipinski definition) is 6. The molecular weight excluding hydrogens is 320 g/mol. The summed E-state index contributed by atoms with van der Waals surface area (Å²) in [4.78, 5) is 23.7. The van der Waals surface area contributed by atoms with Crippen molar-refractivity contribution in [1.29, 1.82) is 0 Å². The Hall–Kier alpha value is -3.09. The predicted molar refractivity (Wildman–Crippen MR) is 95.4 cm³/mol. The van der Waals surface area contributed by atoms with Gasteiger partial charge in [0.15, 0.2) is 0 Å². The van der Waals surface area contributed by atoms with Crippen molar-refractivity contribution in [2.45, 2.75) is 13.8 Å². The number of furan rings is 1. The fourth-order valence-electron chi connectivity index (χ4n) is 3.12. The van der Waals surface area contributed by atoms with Gasteiger partial charge in [-0.1, -0.05) is 6.07 Å². The number of benzene rings is 1. The van der Waals surface area contributed by atoms with Crippen molar-refractivity contribution < 1.29 is 13.9 Å². The molecule has 2 aliphatic rings. The van der Waals surface area contributed by atoms with E-state index >= 15 is 0 Å². The zero-order valence-electron chi connectivity index (χ0n) is 14.3. The van der Waals surface area contributed by atoms with Crippen LogP contribution in [0.4, 0.5) is 11.6 Å². The summed E-state index contributed by atoms with van der Waals surface area (Å²) < 4.78 is 11.0. The third kappa shape index (κ3) is 2.48. The maximum atomic E-state index is 13.0. The van der Waals surface area contributed by atoms with Gasteiger partial charge in [-0.25, -0.2) is 4.99 Å². The number of carbonyl (C=O) groups is 1. The number of amides is 1. The van der Waals surface area contributed by atoms with Crippen LogP contribution in [0.3, 0.4) is 0 Å². The molecule has 7 nitrogen and oxygen atoms in total. The number of nitrogens with zero attached hydrogens (tertiary/aromatic N) is 3. The van der Waals surface area contributed by atoms with E-state index in [0.717, 1.165) is 17.9 Å². The molecule has 7 heteroatoms. The standard InChI is InChI=1S/C18H18N4O3/c1-10-4-5-13(24-3)12(8-10)21-17(23)14-11(2)25-18-15(14)16-19-6-7-22(16)9-20-18/h4-5,8-9H,6-7H2,1-3H3,(H,21,23). The van der Waals surface area contributed by atoms with Gasteiger partial charge in [0.25, 0.3) is 5.91 Å². The molecule has 1 amide bonds. The van der Waals surface area contributed by atoms with E-state index in [-0.39, 0.29) is 5.91 Å². The molecule has 1 N–H and O–H groups in total. The van der Waals surface area contributed by atoms with Crippen LogP contribution in [0.1, 0.15) is 27.2 Å². The monoisotopic (exact) mass is 338 g/mol. The molecule has 1 aromatic heterocycles. The van der Waals surface area contributed by atoms with E-state index in [1.807, 2.05) is 30.0 Å². The van der Waals surface area contributed by atoms with Crippen molar-refractivity contribution in [3.63, 3.8) is 0 Å². The SMILES string of the molecule is COc1ccc(C)cc1NC(=O)c1c(C)oc2c1C1=NCCN1C=N2. The first kappa shape index (κ1) is 15.4. The third-order valence-corrected chi connectivity index (χ3v) is 4.31. The molecule has 2 aromatic rings. The summed E-state index contributed by atoms with van der Waals surface area (Å²) in [5.41, 5.74) is 2.76. The Morgan fingerprint density at radius 2 is 2.20 bits per heavy atom. The first-order valence-corrected chi connectivity index (χ1v) is 8.03. The van der Waals surface area contributed by atoms with Gasteiger partial charge in [-0.15, -0.1) is 0 Å². The number of fused-ring (bicyclic) bond motifs is 3. The van der Waals surface area contributed by atoms with Crippen LogP contribution >= 0.6 is 0 Å². The molecule has 0 saturated carbocycles. The molecule has 0 radical (unpaired) electrons. The number of anilines is 1. The van der Waals surface area contributed by atoms with Crippen molar-refractivity contribution in [3.05, 3.63) is 40.6 Å². The van der Waals surface area contributed by atoms with E-state index in [9.17, 15) is 4.79 Å². The van der Waals surface area contributed by atoms with E-state index in [1.54, 1.807) is 20.4 Å². The summed E-state index contributed by atoms with van der Waals surface area (Å²) in [5, 5.41) is 2.93. The summed E-state index contributed by atoms with van der Waals surface area (Å²) in [5.74, 6) is 2.02.